The molecule has 0 bridgehead atoms. The van der Waals surface area contributed by atoms with Crippen molar-refractivity contribution in [2.45, 2.75) is 0 Å². The van der Waals surface area contributed by atoms with Gasteiger partial charge in [-0.1, -0.05) is 0 Å². The third-order valence-corrected chi connectivity index (χ3v) is 1.57. The Kier molecular flexibility index (Phi) is 2.63. The second-order valence-corrected chi connectivity index (χ2v) is 2.43. The van der Waals surface area contributed by atoms with E-state index in [2.05, 4.69) is 0 Å². The van der Waals surface area contributed by atoms with Gasteiger partial charge in [-0.25, -0.2) is 5.84 Å². The summed E-state index contributed by atoms with van der Waals surface area (Å²) in [5, 5.41) is 19.4. The van der Waals surface area contributed by atoms with Crippen molar-refractivity contribution in [2.24, 2.45) is 5.84 Å². The van der Waals surface area contributed by atoms with Crippen LogP contribution in [0.1, 0.15) is 10.4 Å². The number of aromatic hydroxyl groups is 1. The van der Waals surface area contributed by atoms with Crippen LogP contribution in [-0.2, 0) is 0 Å². The van der Waals surface area contributed by atoms with Crippen LogP contribution in [0.4, 0.5) is 5.69 Å². The average Bonchev–Trinajstić information content (AvgIpc) is 2.15. The van der Waals surface area contributed by atoms with E-state index in [9.17, 15) is 14.9 Å². The van der Waals surface area contributed by atoms with Crippen molar-refractivity contribution < 1.29 is 14.8 Å². The number of nitrogens with zero attached hydrogens (tertiary/aromatic N) is 1. The van der Waals surface area contributed by atoms with Gasteiger partial charge < -0.3 is 5.11 Å². The number of hydrogen-bond acceptors (Lipinski definition) is 5. The number of nitrogen functional groups attached to an aromatic ring is 1. The molecule has 0 aliphatic heterocycles. The summed E-state index contributed by atoms with van der Waals surface area (Å²) in [5.41, 5.74) is 1.43. The number of nitrogens with one attached hydrogen (secondary N) is 1. The van der Waals surface area contributed by atoms with Crippen LogP contribution in [-0.4, -0.2) is 15.9 Å². The van der Waals surface area contributed by atoms with Gasteiger partial charge in [-0.2, -0.15) is 0 Å². The second kappa shape index (κ2) is 3.71. The minimum atomic E-state index is -0.751. The summed E-state index contributed by atoms with van der Waals surface area (Å²) >= 11 is 0. The maximum atomic E-state index is 10.9. The number of hydrazine groups is 1. The van der Waals surface area contributed by atoms with Gasteiger partial charge in [0.25, 0.3) is 5.91 Å². The third-order valence-electron chi connectivity index (χ3n) is 1.57. The standard InChI is InChI=1S/C7H7N3O4/c8-9-7(12)4-1-2-5(10(13)14)6(11)3-4/h1-3,11H,8H2,(H,9,12). The maximum absolute atomic E-state index is 10.9. The monoisotopic (exact) mass is 197 g/mol. The quantitative estimate of drug-likeness (QED) is 0.265. The predicted molar refractivity (Wildman–Crippen MR) is 46.4 cm³/mol. The van der Waals surface area contributed by atoms with Crippen LogP contribution < -0.4 is 11.3 Å². The zero-order valence-corrected chi connectivity index (χ0v) is 6.93. The minimum absolute atomic E-state index is 0.0515. The molecule has 1 aromatic carbocycles. The first kappa shape index (κ1) is 9.93. The van der Waals surface area contributed by atoms with Crippen LogP contribution in [0.3, 0.4) is 0 Å². The SMILES string of the molecule is NNC(=O)c1ccc([N+](=O)[O-])c(O)c1. The van der Waals surface area contributed by atoms with E-state index in [0.717, 1.165) is 12.1 Å². The number of phenols is 1. The molecule has 0 fully saturated rings. The third kappa shape index (κ3) is 1.77. The largest absolute Gasteiger partial charge is 0.502 e. The van der Waals surface area contributed by atoms with Gasteiger partial charge in [0, 0.05) is 11.6 Å². The summed E-state index contributed by atoms with van der Waals surface area (Å²) in [5.74, 6) is 3.63. The zero-order valence-electron chi connectivity index (χ0n) is 6.93. The molecule has 0 spiro atoms. The van der Waals surface area contributed by atoms with Crippen LogP contribution in [0.25, 0.3) is 0 Å². The zero-order chi connectivity index (χ0) is 10.7. The normalized spacial score (nSPS) is 9.50. The van der Waals surface area contributed by atoms with Gasteiger partial charge >= 0.3 is 5.69 Å². The fraction of sp³-hybridized carbons (Fsp3) is 0. The van der Waals surface area contributed by atoms with Crippen molar-refractivity contribution in [3.63, 3.8) is 0 Å². The number of nitro groups is 1. The van der Waals surface area contributed by atoms with Gasteiger partial charge in [-0.3, -0.25) is 20.3 Å². The Morgan fingerprint density at radius 3 is 2.64 bits per heavy atom. The molecule has 0 saturated carbocycles. The van der Waals surface area contributed by atoms with Gasteiger partial charge in [-0.15, -0.1) is 0 Å². The van der Waals surface area contributed by atoms with Crippen molar-refractivity contribution in [3.05, 3.63) is 33.9 Å². The molecule has 14 heavy (non-hydrogen) atoms. The molecule has 0 radical (unpaired) electrons. The highest BCUT2D eigenvalue weighted by Crippen LogP contribution is 2.25. The van der Waals surface area contributed by atoms with Gasteiger partial charge in [0.2, 0.25) is 0 Å². The van der Waals surface area contributed by atoms with E-state index in [-0.39, 0.29) is 5.56 Å². The predicted octanol–water partition coefficient (Wildman–Crippen LogP) is -0.0961. The van der Waals surface area contributed by atoms with Gasteiger partial charge in [0.15, 0.2) is 5.75 Å². The number of phenolic OH excluding ortho intramolecular Hbond substituents is 1. The molecule has 1 amide bonds. The van der Waals surface area contributed by atoms with E-state index >= 15 is 0 Å². The first-order chi connectivity index (χ1) is 6.56. The lowest BCUT2D eigenvalue weighted by molar-refractivity contribution is -0.385. The molecule has 1 aromatic rings. The molecular weight excluding hydrogens is 190 g/mol. The van der Waals surface area contributed by atoms with Crippen LogP contribution in [0.15, 0.2) is 18.2 Å². The smallest absolute Gasteiger partial charge is 0.310 e. The molecule has 0 heterocycles. The van der Waals surface area contributed by atoms with E-state index < -0.39 is 22.3 Å². The molecule has 1 rings (SSSR count). The Hall–Kier alpha value is -2.15. The lowest BCUT2D eigenvalue weighted by atomic mass is 10.2. The summed E-state index contributed by atoms with van der Waals surface area (Å²) in [6, 6.07) is 3.19. The number of nitrogens with two attached hydrogens (primary N) is 1. The van der Waals surface area contributed by atoms with Crippen molar-refractivity contribution in [3.8, 4) is 5.75 Å². The number of benzene rings is 1. The van der Waals surface area contributed by atoms with Crippen LogP contribution >= 0.6 is 0 Å². The van der Waals surface area contributed by atoms with E-state index in [1.807, 2.05) is 5.43 Å². The highest BCUT2D eigenvalue weighted by Gasteiger charge is 2.15. The van der Waals surface area contributed by atoms with Crippen LogP contribution in [0.2, 0.25) is 0 Å². The Morgan fingerprint density at radius 2 is 2.21 bits per heavy atom. The van der Waals surface area contributed by atoms with Gasteiger partial charge in [0.05, 0.1) is 4.92 Å². The van der Waals surface area contributed by atoms with Crippen LogP contribution in [0, 0.1) is 10.1 Å². The molecule has 0 unspecified atom stereocenters. The summed E-state index contributed by atoms with van der Waals surface area (Å²) in [7, 11) is 0. The number of hydrogen-bond donors (Lipinski definition) is 3. The first-order valence-corrected chi connectivity index (χ1v) is 3.54. The topological polar surface area (TPSA) is 118 Å². The van der Waals surface area contributed by atoms with Gasteiger partial charge in [-0.05, 0) is 12.1 Å². The lowest BCUT2D eigenvalue weighted by Crippen LogP contribution is -2.29. The Labute approximate surface area is 78.3 Å². The van der Waals surface area contributed by atoms with Gasteiger partial charge in [0.1, 0.15) is 0 Å². The van der Waals surface area contributed by atoms with Crippen molar-refractivity contribution in [1.82, 2.24) is 5.43 Å². The Balaban J connectivity index is 3.12. The van der Waals surface area contributed by atoms with E-state index in [4.69, 9.17) is 10.9 Å². The number of rotatable bonds is 2. The molecular formula is C7H7N3O4. The molecule has 7 nitrogen and oxygen atoms in total. The lowest BCUT2D eigenvalue weighted by Gasteiger charge is -2.00. The fourth-order valence-electron chi connectivity index (χ4n) is 0.902. The first-order valence-electron chi connectivity index (χ1n) is 3.54. The maximum Gasteiger partial charge on any atom is 0.310 e. The van der Waals surface area contributed by atoms with Crippen molar-refractivity contribution >= 4 is 11.6 Å². The highest BCUT2D eigenvalue weighted by atomic mass is 16.6. The summed E-state index contributed by atoms with van der Waals surface area (Å²) in [6.07, 6.45) is 0. The molecule has 0 aliphatic rings. The van der Waals surface area contributed by atoms with Crippen LogP contribution in [0.5, 0.6) is 5.75 Å². The van der Waals surface area contributed by atoms with Crippen molar-refractivity contribution in [2.75, 3.05) is 0 Å². The van der Waals surface area contributed by atoms with Crippen molar-refractivity contribution in [1.29, 1.82) is 0 Å². The number of nitro benzene ring substituents is 1. The summed E-state index contributed by atoms with van der Waals surface area (Å²) < 4.78 is 0. The Bertz CT molecular complexity index is 391. The van der Waals surface area contributed by atoms with E-state index in [1.165, 1.54) is 6.07 Å². The second-order valence-electron chi connectivity index (χ2n) is 2.43. The molecule has 0 aliphatic carbocycles. The molecule has 7 heteroatoms. The summed E-state index contributed by atoms with van der Waals surface area (Å²) in [6.45, 7) is 0. The molecule has 0 atom stereocenters. The fourth-order valence-corrected chi connectivity index (χ4v) is 0.902. The molecule has 4 N–H and O–H groups in total. The molecule has 0 aromatic heterocycles. The molecule has 0 saturated heterocycles. The number of amides is 1. The average molecular weight is 197 g/mol. The Morgan fingerprint density at radius 1 is 1.57 bits per heavy atom. The highest BCUT2D eigenvalue weighted by molar-refractivity contribution is 5.94. The molecule has 74 valence electrons. The number of carbonyl (C=O) groups excluding carboxylic acids is 1. The number of carbonyl (C=O) groups is 1. The minimum Gasteiger partial charge on any atom is -0.502 e. The summed E-state index contributed by atoms with van der Waals surface area (Å²) in [4.78, 5) is 20.5. The van der Waals surface area contributed by atoms with E-state index in [1.54, 1.807) is 0 Å². The van der Waals surface area contributed by atoms with E-state index in [0.29, 0.717) is 0 Å².